The number of hydrogen-bond acceptors (Lipinski definition) is 5. The van der Waals surface area contributed by atoms with E-state index < -0.39 is 0 Å². The fourth-order valence-electron chi connectivity index (χ4n) is 2.92. The van der Waals surface area contributed by atoms with E-state index in [9.17, 15) is 4.79 Å². The Hall–Kier alpha value is -2.54. The standard InChI is InChI=1S/C20H29N3O4/c1-13-18(14(2)23(22-13)20(3,4)5)19(24)21-15-8-9-16(26-7)17(12-15)27-11-10-25-6/h8-9,12H,10-11H2,1-7H3,(H,21,24). The first kappa shape index (κ1) is 20.8. The largest absolute Gasteiger partial charge is 0.493 e. The highest BCUT2D eigenvalue weighted by molar-refractivity contribution is 6.06. The summed E-state index contributed by atoms with van der Waals surface area (Å²) in [5, 5.41) is 7.46. The molecule has 2 rings (SSSR count). The molecule has 0 saturated heterocycles. The quantitative estimate of drug-likeness (QED) is 0.749. The minimum Gasteiger partial charge on any atom is -0.493 e. The van der Waals surface area contributed by atoms with Crippen LogP contribution >= 0.6 is 0 Å². The van der Waals surface area contributed by atoms with Gasteiger partial charge in [-0.05, 0) is 46.8 Å². The van der Waals surface area contributed by atoms with Gasteiger partial charge in [0.15, 0.2) is 11.5 Å². The summed E-state index contributed by atoms with van der Waals surface area (Å²) in [7, 11) is 3.18. The monoisotopic (exact) mass is 375 g/mol. The van der Waals surface area contributed by atoms with Gasteiger partial charge in [-0.25, -0.2) is 0 Å². The summed E-state index contributed by atoms with van der Waals surface area (Å²) in [4.78, 5) is 12.9. The molecule has 1 heterocycles. The molecular formula is C20H29N3O4. The lowest BCUT2D eigenvalue weighted by Crippen LogP contribution is -2.25. The summed E-state index contributed by atoms with van der Waals surface area (Å²) in [6.07, 6.45) is 0. The van der Waals surface area contributed by atoms with Crippen molar-refractivity contribution in [2.75, 3.05) is 32.8 Å². The van der Waals surface area contributed by atoms with Gasteiger partial charge in [0.05, 0.1) is 30.5 Å². The molecule has 2 aromatic rings. The molecule has 7 heteroatoms. The van der Waals surface area contributed by atoms with Gasteiger partial charge in [-0.2, -0.15) is 5.10 Å². The van der Waals surface area contributed by atoms with E-state index in [4.69, 9.17) is 14.2 Å². The third kappa shape index (κ3) is 4.80. The smallest absolute Gasteiger partial charge is 0.259 e. The number of anilines is 1. The summed E-state index contributed by atoms with van der Waals surface area (Å²) < 4.78 is 17.9. The highest BCUT2D eigenvalue weighted by atomic mass is 16.5. The minimum atomic E-state index is -0.200. The molecule has 0 aliphatic carbocycles. The fraction of sp³-hybridized carbons (Fsp3) is 0.500. The van der Waals surface area contributed by atoms with Crippen LogP contribution in [0.3, 0.4) is 0 Å². The van der Waals surface area contributed by atoms with Gasteiger partial charge in [-0.3, -0.25) is 9.48 Å². The van der Waals surface area contributed by atoms with Crippen LogP contribution in [-0.2, 0) is 10.3 Å². The topological polar surface area (TPSA) is 74.6 Å². The summed E-state index contributed by atoms with van der Waals surface area (Å²) in [5.41, 5.74) is 2.54. The van der Waals surface area contributed by atoms with Crippen molar-refractivity contribution in [3.8, 4) is 11.5 Å². The van der Waals surface area contributed by atoms with Crippen LogP contribution in [0.25, 0.3) is 0 Å². The number of methoxy groups -OCH3 is 2. The normalized spacial score (nSPS) is 11.4. The first-order chi connectivity index (χ1) is 12.7. The third-order valence-corrected chi connectivity index (χ3v) is 4.12. The molecule has 0 unspecified atom stereocenters. The fourth-order valence-corrected chi connectivity index (χ4v) is 2.92. The van der Waals surface area contributed by atoms with Crippen LogP contribution in [0.1, 0.15) is 42.5 Å². The van der Waals surface area contributed by atoms with E-state index in [1.54, 1.807) is 32.4 Å². The summed E-state index contributed by atoms with van der Waals surface area (Å²) in [5.74, 6) is 0.941. The van der Waals surface area contributed by atoms with Crippen LogP contribution in [-0.4, -0.2) is 43.1 Å². The molecule has 0 atom stereocenters. The number of nitrogens with one attached hydrogen (secondary N) is 1. The number of carbonyl (C=O) groups is 1. The molecule has 1 aromatic carbocycles. The number of hydrogen-bond donors (Lipinski definition) is 1. The zero-order valence-corrected chi connectivity index (χ0v) is 17.2. The van der Waals surface area contributed by atoms with Gasteiger partial charge in [0, 0.05) is 24.6 Å². The molecule has 1 aromatic heterocycles. The zero-order valence-electron chi connectivity index (χ0n) is 17.2. The Balaban J connectivity index is 2.26. The second-order valence-corrected chi connectivity index (χ2v) is 7.29. The molecule has 0 bridgehead atoms. The van der Waals surface area contributed by atoms with Crippen molar-refractivity contribution in [1.82, 2.24) is 9.78 Å². The molecule has 0 aliphatic rings. The first-order valence-electron chi connectivity index (χ1n) is 8.87. The Morgan fingerprint density at radius 3 is 2.41 bits per heavy atom. The second-order valence-electron chi connectivity index (χ2n) is 7.29. The van der Waals surface area contributed by atoms with Crippen LogP contribution < -0.4 is 14.8 Å². The lowest BCUT2D eigenvalue weighted by Gasteiger charge is -2.21. The van der Waals surface area contributed by atoms with E-state index in [-0.39, 0.29) is 11.4 Å². The number of aryl methyl sites for hydroxylation is 1. The third-order valence-electron chi connectivity index (χ3n) is 4.12. The number of rotatable bonds is 7. The van der Waals surface area contributed by atoms with Gasteiger partial charge >= 0.3 is 0 Å². The van der Waals surface area contributed by atoms with Crippen molar-refractivity contribution in [1.29, 1.82) is 0 Å². The van der Waals surface area contributed by atoms with Gasteiger partial charge in [0.25, 0.3) is 5.91 Å². The molecule has 0 saturated carbocycles. The van der Waals surface area contributed by atoms with E-state index in [1.165, 1.54) is 0 Å². The Labute approximate surface area is 160 Å². The summed E-state index contributed by atoms with van der Waals surface area (Å²) in [6, 6.07) is 5.28. The maximum absolute atomic E-state index is 12.9. The highest BCUT2D eigenvalue weighted by Gasteiger charge is 2.24. The SMILES string of the molecule is COCCOc1cc(NC(=O)c2c(C)nn(C(C)(C)C)c2C)ccc1OC. The van der Waals surface area contributed by atoms with Gasteiger partial charge in [-0.15, -0.1) is 0 Å². The average molecular weight is 375 g/mol. The Kier molecular flexibility index (Phi) is 6.49. The van der Waals surface area contributed by atoms with E-state index in [1.807, 2.05) is 18.5 Å². The number of aromatic nitrogens is 2. The molecule has 148 valence electrons. The van der Waals surface area contributed by atoms with Gasteiger partial charge in [0.1, 0.15) is 6.61 Å². The van der Waals surface area contributed by atoms with Crippen molar-refractivity contribution in [2.24, 2.45) is 0 Å². The molecule has 1 amide bonds. The zero-order chi connectivity index (χ0) is 20.2. The molecule has 7 nitrogen and oxygen atoms in total. The molecule has 27 heavy (non-hydrogen) atoms. The maximum Gasteiger partial charge on any atom is 0.259 e. The van der Waals surface area contributed by atoms with Crippen molar-refractivity contribution >= 4 is 11.6 Å². The Morgan fingerprint density at radius 2 is 1.85 bits per heavy atom. The van der Waals surface area contributed by atoms with Crippen molar-refractivity contribution in [2.45, 2.75) is 40.2 Å². The molecular weight excluding hydrogens is 346 g/mol. The summed E-state index contributed by atoms with van der Waals surface area (Å²) in [6.45, 7) is 10.8. The van der Waals surface area contributed by atoms with Crippen LogP contribution in [0, 0.1) is 13.8 Å². The number of carbonyl (C=O) groups excluding carboxylic acids is 1. The van der Waals surface area contributed by atoms with Crippen LogP contribution in [0.2, 0.25) is 0 Å². The number of ether oxygens (including phenoxy) is 3. The molecule has 1 N–H and O–H groups in total. The van der Waals surface area contributed by atoms with Crippen LogP contribution in [0.4, 0.5) is 5.69 Å². The average Bonchev–Trinajstić information content (AvgIpc) is 2.90. The highest BCUT2D eigenvalue weighted by Crippen LogP contribution is 2.31. The predicted molar refractivity (Wildman–Crippen MR) is 105 cm³/mol. The van der Waals surface area contributed by atoms with E-state index in [2.05, 4.69) is 31.2 Å². The van der Waals surface area contributed by atoms with Crippen molar-refractivity contribution in [3.05, 3.63) is 35.2 Å². The summed E-state index contributed by atoms with van der Waals surface area (Å²) >= 11 is 0. The van der Waals surface area contributed by atoms with Crippen molar-refractivity contribution in [3.63, 3.8) is 0 Å². The first-order valence-corrected chi connectivity index (χ1v) is 8.87. The van der Waals surface area contributed by atoms with Gasteiger partial charge in [-0.1, -0.05) is 0 Å². The molecule has 0 radical (unpaired) electrons. The molecule has 0 spiro atoms. The number of amides is 1. The van der Waals surface area contributed by atoms with Crippen LogP contribution in [0.15, 0.2) is 18.2 Å². The number of nitrogens with zero attached hydrogens (tertiary/aromatic N) is 2. The minimum absolute atomic E-state index is 0.199. The Morgan fingerprint density at radius 1 is 1.15 bits per heavy atom. The van der Waals surface area contributed by atoms with E-state index in [0.29, 0.717) is 41.7 Å². The van der Waals surface area contributed by atoms with Gasteiger partial charge < -0.3 is 19.5 Å². The lowest BCUT2D eigenvalue weighted by molar-refractivity contribution is 0.102. The lowest BCUT2D eigenvalue weighted by atomic mass is 10.1. The second kappa shape index (κ2) is 8.43. The van der Waals surface area contributed by atoms with Crippen LogP contribution in [0.5, 0.6) is 11.5 Å². The maximum atomic E-state index is 12.9. The predicted octanol–water partition coefficient (Wildman–Crippen LogP) is 3.54. The Bertz CT molecular complexity index is 806. The van der Waals surface area contributed by atoms with Crippen molar-refractivity contribution < 1.29 is 19.0 Å². The number of benzene rings is 1. The molecule has 0 fully saturated rings. The van der Waals surface area contributed by atoms with E-state index >= 15 is 0 Å². The van der Waals surface area contributed by atoms with Gasteiger partial charge in [0.2, 0.25) is 0 Å². The molecule has 0 aliphatic heterocycles. The van der Waals surface area contributed by atoms with E-state index in [0.717, 1.165) is 5.69 Å².